The van der Waals surface area contributed by atoms with Crippen LogP contribution in [0, 0.1) is 11.8 Å². The Morgan fingerprint density at radius 2 is 1.94 bits per heavy atom. The minimum atomic E-state index is 0.510. The molecule has 3 aliphatic carbocycles. The lowest BCUT2D eigenvalue weighted by Crippen LogP contribution is -2.09. The van der Waals surface area contributed by atoms with Gasteiger partial charge in [-0.25, -0.2) is 0 Å². The smallest absolute Gasteiger partial charge is 0.0210 e. The van der Waals surface area contributed by atoms with Crippen LogP contribution in [0.2, 0.25) is 0 Å². The molecule has 0 N–H and O–H groups in total. The Bertz CT molecular complexity index is 437. The van der Waals surface area contributed by atoms with Crippen LogP contribution in [0.4, 0.5) is 0 Å². The highest BCUT2D eigenvalue weighted by atomic mass is 14.3. The SMILES string of the molecule is C=C(C1=CC2C=CC=CC2=C1)C1CCCCC1. The molecule has 3 rings (SSSR count). The third-order valence-corrected chi connectivity index (χ3v) is 4.25. The highest BCUT2D eigenvalue weighted by Gasteiger charge is 2.23. The molecule has 0 heterocycles. The first-order valence-electron chi connectivity index (χ1n) is 6.82. The van der Waals surface area contributed by atoms with E-state index >= 15 is 0 Å². The van der Waals surface area contributed by atoms with Crippen molar-refractivity contribution in [2.24, 2.45) is 11.8 Å². The molecule has 0 aromatic carbocycles. The minimum absolute atomic E-state index is 0.510. The Hall–Kier alpha value is -1.30. The third kappa shape index (κ3) is 2.09. The predicted octanol–water partition coefficient (Wildman–Crippen LogP) is 4.73. The summed E-state index contributed by atoms with van der Waals surface area (Å²) in [5, 5.41) is 0. The van der Waals surface area contributed by atoms with Crippen LogP contribution < -0.4 is 0 Å². The third-order valence-electron chi connectivity index (χ3n) is 4.25. The summed E-state index contributed by atoms with van der Waals surface area (Å²) in [4.78, 5) is 0. The standard InChI is InChI=1S/C17H20/c1-13(14-7-3-2-4-8-14)17-11-15-9-5-6-10-16(15)12-17/h5-6,9-12,14-15H,1-4,7-8H2. The molecule has 0 aliphatic heterocycles. The second kappa shape index (κ2) is 4.52. The number of hydrogen-bond donors (Lipinski definition) is 0. The van der Waals surface area contributed by atoms with Crippen molar-refractivity contribution in [1.82, 2.24) is 0 Å². The summed E-state index contributed by atoms with van der Waals surface area (Å²) in [6.45, 7) is 4.36. The molecule has 88 valence electrons. The van der Waals surface area contributed by atoms with Crippen LogP contribution in [0.1, 0.15) is 32.1 Å². The summed E-state index contributed by atoms with van der Waals surface area (Å²) >= 11 is 0. The van der Waals surface area contributed by atoms with Gasteiger partial charge in [0.2, 0.25) is 0 Å². The van der Waals surface area contributed by atoms with Crippen molar-refractivity contribution in [3.8, 4) is 0 Å². The van der Waals surface area contributed by atoms with Crippen LogP contribution >= 0.6 is 0 Å². The van der Waals surface area contributed by atoms with E-state index in [1.807, 2.05) is 0 Å². The van der Waals surface area contributed by atoms with Crippen molar-refractivity contribution in [1.29, 1.82) is 0 Å². The van der Waals surface area contributed by atoms with Crippen LogP contribution in [0.5, 0.6) is 0 Å². The first-order chi connectivity index (χ1) is 8.34. The quantitative estimate of drug-likeness (QED) is 0.636. The molecule has 0 bridgehead atoms. The molecule has 0 aromatic rings. The fourth-order valence-electron chi connectivity index (χ4n) is 3.18. The second-order valence-electron chi connectivity index (χ2n) is 5.40. The Labute approximate surface area is 104 Å². The summed E-state index contributed by atoms with van der Waals surface area (Å²) < 4.78 is 0. The molecule has 0 heteroatoms. The zero-order chi connectivity index (χ0) is 11.7. The van der Waals surface area contributed by atoms with Crippen molar-refractivity contribution in [3.63, 3.8) is 0 Å². The molecule has 1 atom stereocenters. The number of allylic oxidation sites excluding steroid dienone is 9. The van der Waals surface area contributed by atoms with Gasteiger partial charge in [-0.15, -0.1) is 0 Å². The number of fused-ring (bicyclic) bond motifs is 1. The molecule has 0 nitrogen and oxygen atoms in total. The van der Waals surface area contributed by atoms with E-state index in [1.165, 1.54) is 48.8 Å². The normalized spacial score (nSPS) is 27.6. The highest BCUT2D eigenvalue weighted by Crippen LogP contribution is 2.38. The van der Waals surface area contributed by atoms with Gasteiger partial charge >= 0.3 is 0 Å². The zero-order valence-corrected chi connectivity index (χ0v) is 10.4. The van der Waals surface area contributed by atoms with E-state index in [0.29, 0.717) is 5.92 Å². The van der Waals surface area contributed by atoms with Gasteiger partial charge in [0.05, 0.1) is 0 Å². The fourth-order valence-corrected chi connectivity index (χ4v) is 3.18. The van der Waals surface area contributed by atoms with Crippen LogP contribution in [-0.2, 0) is 0 Å². The Balaban J connectivity index is 1.77. The average molecular weight is 224 g/mol. The molecule has 0 spiro atoms. The van der Waals surface area contributed by atoms with E-state index in [9.17, 15) is 0 Å². The molecule has 0 amide bonds. The van der Waals surface area contributed by atoms with Crippen LogP contribution in [0.15, 0.2) is 59.8 Å². The van der Waals surface area contributed by atoms with Crippen LogP contribution in [-0.4, -0.2) is 0 Å². The monoisotopic (exact) mass is 224 g/mol. The van der Waals surface area contributed by atoms with Crippen LogP contribution in [0.25, 0.3) is 0 Å². The van der Waals surface area contributed by atoms with E-state index in [-0.39, 0.29) is 0 Å². The Morgan fingerprint density at radius 3 is 2.71 bits per heavy atom. The summed E-state index contributed by atoms with van der Waals surface area (Å²) in [5.74, 6) is 1.25. The maximum Gasteiger partial charge on any atom is 0.0210 e. The molecule has 17 heavy (non-hydrogen) atoms. The van der Waals surface area contributed by atoms with E-state index in [2.05, 4.69) is 43.0 Å². The molecule has 0 radical (unpaired) electrons. The van der Waals surface area contributed by atoms with Crippen molar-refractivity contribution in [3.05, 3.63) is 59.8 Å². The molecule has 1 saturated carbocycles. The van der Waals surface area contributed by atoms with E-state index < -0.39 is 0 Å². The van der Waals surface area contributed by atoms with Crippen molar-refractivity contribution >= 4 is 0 Å². The fraction of sp³-hybridized carbons (Fsp3) is 0.412. The highest BCUT2D eigenvalue weighted by molar-refractivity contribution is 5.54. The topological polar surface area (TPSA) is 0 Å². The summed E-state index contributed by atoms with van der Waals surface area (Å²) in [6.07, 6.45) is 20.4. The van der Waals surface area contributed by atoms with E-state index in [1.54, 1.807) is 0 Å². The van der Waals surface area contributed by atoms with Gasteiger partial charge in [-0.3, -0.25) is 0 Å². The molecule has 3 aliphatic rings. The van der Waals surface area contributed by atoms with E-state index in [4.69, 9.17) is 0 Å². The number of rotatable bonds is 2. The molecule has 0 aromatic heterocycles. The largest absolute Gasteiger partial charge is 0.0950 e. The predicted molar refractivity (Wildman–Crippen MR) is 73.7 cm³/mol. The lowest BCUT2D eigenvalue weighted by Gasteiger charge is -2.24. The van der Waals surface area contributed by atoms with Gasteiger partial charge in [0.1, 0.15) is 0 Å². The van der Waals surface area contributed by atoms with Gasteiger partial charge in [0.25, 0.3) is 0 Å². The van der Waals surface area contributed by atoms with Gasteiger partial charge < -0.3 is 0 Å². The molecular weight excluding hydrogens is 204 g/mol. The van der Waals surface area contributed by atoms with Crippen molar-refractivity contribution < 1.29 is 0 Å². The zero-order valence-electron chi connectivity index (χ0n) is 10.4. The molecule has 1 unspecified atom stereocenters. The first kappa shape index (κ1) is 10.8. The second-order valence-corrected chi connectivity index (χ2v) is 5.40. The summed E-state index contributed by atoms with van der Waals surface area (Å²) in [5.41, 5.74) is 4.21. The van der Waals surface area contributed by atoms with Gasteiger partial charge in [0.15, 0.2) is 0 Å². The van der Waals surface area contributed by atoms with Gasteiger partial charge in [0, 0.05) is 5.92 Å². The lowest BCUT2D eigenvalue weighted by atomic mass is 9.82. The average Bonchev–Trinajstić information content (AvgIpc) is 2.82. The number of hydrogen-bond acceptors (Lipinski definition) is 0. The molecular formula is C17H20. The van der Waals surface area contributed by atoms with E-state index in [0.717, 1.165) is 5.92 Å². The van der Waals surface area contributed by atoms with Crippen LogP contribution in [0.3, 0.4) is 0 Å². The summed E-state index contributed by atoms with van der Waals surface area (Å²) in [6, 6.07) is 0. The van der Waals surface area contributed by atoms with Crippen molar-refractivity contribution in [2.75, 3.05) is 0 Å². The van der Waals surface area contributed by atoms with Gasteiger partial charge in [-0.05, 0) is 35.5 Å². The maximum absolute atomic E-state index is 4.36. The summed E-state index contributed by atoms with van der Waals surface area (Å²) in [7, 11) is 0. The Kier molecular flexibility index (Phi) is 2.88. The van der Waals surface area contributed by atoms with Gasteiger partial charge in [-0.2, -0.15) is 0 Å². The maximum atomic E-state index is 4.36. The van der Waals surface area contributed by atoms with Gasteiger partial charge in [-0.1, -0.05) is 62.3 Å². The Morgan fingerprint density at radius 1 is 1.12 bits per heavy atom. The molecule has 0 saturated heterocycles. The minimum Gasteiger partial charge on any atom is -0.0950 e. The molecule has 1 fully saturated rings. The lowest BCUT2D eigenvalue weighted by molar-refractivity contribution is 0.407. The first-order valence-corrected chi connectivity index (χ1v) is 6.82. The van der Waals surface area contributed by atoms with Crippen molar-refractivity contribution in [2.45, 2.75) is 32.1 Å².